The molecule has 3 amide bonds. The van der Waals surface area contributed by atoms with Crippen molar-refractivity contribution in [1.82, 2.24) is 15.1 Å². The zero-order chi connectivity index (χ0) is 32.8. The van der Waals surface area contributed by atoms with E-state index in [1.807, 2.05) is 60.4 Å². The highest BCUT2D eigenvalue weighted by Crippen LogP contribution is 2.58. The van der Waals surface area contributed by atoms with Gasteiger partial charge in [-0.15, -0.1) is 0 Å². The van der Waals surface area contributed by atoms with Crippen molar-refractivity contribution in [2.75, 3.05) is 26.3 Å². The summed E-state index contributed by atoms with van der Waals surface area (Å²) in [6.45, 7) is 4.81. The third-order valence-corrected chi connectivity index (χ3v) is 10.4. The van der Waals surface area contributed by atoms with Crippen LogP contribution in [-0.4, -0.2) is 88.7 Å². The van der Waals surface area contributed by atoms with E-state index in [9.17, 15) is 24.3 Å². The van der Waals surface area contributed by atoms with Crippen molar-refractivity contribution in [1.29, 1.82) is 0 Å². The van der Waals surface area contributed by atoms with Gasteiger partial charge in [0.25, 0.3) is 0 Å². The first kappa shape index (κ1) is 34.3. The lowest BCUT2D eigenvalue weighted by Crippen LogP contribution is -2.57. The molecule has 4 heterocycles. The quantitative estimate of drug-likeness (QED) is 0.213. The van der Waals surface area contributed by atoms with Crippen molar-refractivity contribution in [3.05, 3.63) is 58.6 Å². The molecule has 11 heteroatoms. The molecule has 4 aliphatic rings. The molecule has 7 atom stereocenters. The number of nitrogens with one attached hydrogen (secondary N) is 1. The number of benzene rings is 1. The summed E-state index contributed by atoms with van der Waals surface area (Å²) in [6, 6.07) is 7.62. The number of rotatable bonds is 10. The summed E-state index contributed by atoms with van der Waals surface area (Å²) in [4.78, 5) is 59.6. The van der Waals surface area contributed by atoms with Crippen molar-refractivity contribution >= 4 is 39.6 Å². The third-order valence-electron chi connectivity index (χ3n) is 9.70. The molecule has 2 N–H and O–H groups in total. The Bertz CT molecular complexity index is 1340. The van der Waals surface area contributed by atoms with Crippen molar-refractivity contribution in [2.45, 2.75) is 95.0 Å². The number of halogens is 1. The molecule has 5 rings (SSSR count). The number of aliphatic hydroxyl groups excluding tert-OH is 1. The SMILES string of the molecule is CCCC(C)N1C/C=C\CCC(=O)OC[C@@H](c2ccccc2)NC(=O)[C@@H]2[C@H]3O[C@@]4(C=C3Br)[C@H](C1=O)N(CCCCCCO)C(=O)[C@@H]24. The zero-order valence-electron chi connectivity index (χ0n) is 26.7. The van der Waals surface area contributed by atoms with Crippen LogP contribution in [0.5, 0.6) is 0 Å². The maximum Gasteiger partial charge on any atom is 0.306 e. The second-order valence-corrected chi connectivity index (χ2v) is 13.7. The van der Waals surface area contributed by atoms with E-state index in [-0.39, 0.29) is 43.5 Å². The van der Waals surface area contributed by atoms with Crippen LogP contribution < -0.4 is 5.32 Å². The molecule has 1 unspecified atom stereocenters. The van der Waals surface area contributed by atoms with Gasteiger partial charge in [-0.05, 0) is 44.2 Å². The largest absolute Gasteiger partial charge is 0.463 e. The van der Waals surface area contributed by atoms with Crippen LogP contribution >= 0.6 is 15.9 Å². The third kappa shape index (κ3) is 6.82. The first-order valence-electron chi connectivity index (χ1n) is 16.7. The predicted molar refractivity (Wildman–Crippen MR) is 175 cm³/mol. The van der Waals surface area contributed by atoms with Crippen LogP contribution in [0.3, 0.4) is 0 Å². The number of carbonyl (C=O) groups is 4. The van der Waals surface area contributed by atoms with Gasteiger partial charge in [-0.3, -0.25) is 19.2 Å². The molecule has 46 heavy (non-hydrogen) atoms. The van der Waals surface area contributed by atoms with Gasteiger partial charge in [-0.2, -0.15) is 0 Å². The lowest BCUT2D eigenvalue weighted by molar-refractivity contribution is -0.149. The van der Waals surface area contributed by atoms with Gasteiger partial charge < -0.3 is 29.7 Å². The zero-order valence-corrected chi connectivity index (χ0v) is 28.3. The predicted octanol–water partition coefficient (Wildman–Crippen LogP) is 4.18. The summed E-state index contributed by atoms with van der Waals surface area (Å²) >= 11 is 3.63. The highest BCUT2D eigenvalue weighted by atomic mass is 79.9. The molecule has 0 radical (unpaired) electrons. The molecule has 4 aliphatic heterocycles. The van der Waals surface area contributed by atoms with E-state index in [1.54, 1.807) is 4.90 Å². The number of likely N-dealkylation sites (tertiary alicyclic amines) is 1. The van der Waals surface area contributed by atoms with Crippen molar-refractivity contribution in [2.24, 2.45) is 11.8 Å². The van der Waals surface area contributed by atoms with E-state index < -0.39 is 41.5 Å². The second-order valence-electron chi connectivity index (χ2n) is 12.8. The maximum atomic E-state index is 14.8. The van der Waals surface area contributed by atoms with Crippen molar-refractivity contribution in [3.8, 4) is 0 Å². The Morgan fingerprint density at radius 3 is 2.57 bits per heavy atom. The lowest BCUT2D eigenvalue weighted by atomic mass is 9.74. The van der Waals surface area contributed by atoms with Crippen LogP contribution in [0.4, 0.5) is 0 Å². The molecule has 1 aromatic rings. The van der Waals surface area contributed by atoms with Crippen LogP contribution in [0, 0.1) is 11.8 Å². The number of unbranched alkanes of at least 4 members (excludes halogenated alkanes) is 3. The summed E-state index contributed by atoms with van der Waals surface area (Å²) in [5.74, 6) is -3.02. The number of aliphatic hydroxyl groups is 1. The summed E-state index contributed by atoms with van der Waals surface area (Å²) < 4.78 is 12.9. The summed E-state index contributed by atoms with van der Waals surface area (Å²) in [7, 11) is 0. The average Bonchev–Trinajstić information content (AvgIpc) is 3.63. The summed E-state index contributed by atoms with van der Waals surface area (Å²) in [5.41, 5.74) is -0.535. The number of amides is 3. The van der Waals surface area contributed by atoms with Crippen LogP contribution in [0.25, 0.3) is 0 Å². The van der Waals surface area contributed by atoms with E-state index in [1.165, 1.54) is 0 Å². The minimum absolute atomic E-state index is 0.0549. The number of hydrogen-bond acceptors (Lipinski definition) is 7. The Kier molecular flexibility index (Phi) is 11.4. The van der Waals surface area contributed by atoms with Crippen LogP contribution in [0.2, 0.25) is 0 Å². The fourth-order valence-corrected chi connectivity index (χ4v) is 8.17. The number of esters is 1. The Labute approximate surface area is 279 Å². The Morgan fingerprint density at radius 2 is 1.83 bits per heavy atom. The summed E-state index contributed by atoms with van der Waals surface area (Å²) in [5, 5.41) is 12.3. The number of hydrogen-bond donors (Lipinski definition) is 2. The molecule has 2 saturated heterocycles. The van der Waals surface area contributed by atoms with Gasteiger partial charge >= 0.3 is 5.97 Å². The normalized spacial score (nSPS) is 31.4. The monoisotopic (exact) mass is 699 g/mol. The van der Waals surface area contributed by atoms with Gasteiger partial charge in [0.2, 0.25) is 17.7 Å². The highest BCUT2D eigenvalue weighted by molar-refractivity contribution is 9.11. The molecule has 5 bridgehead atoms. The molecule has 0 aliphatic carbocycles. The Morgan fingerprint density at radius 1 is 1.07 bits per heavy atom. The number of allylic oxidation sites excluding steroid dienone is 1. The Hall–Kier alpha value is -3.02. The highest BCUT2D eigenvalue weighted by Gasteiger charge is 2.74. The maximum absolute atomic E-state index is 14.8. The van der Waals surface area contributed by atoms with Gasteiger partial charge in [0.1, 0.15) is 24.4 Å². The lowest BCUT2D eigenvalue weighted by Gasteiger charge is -2.38. The molecule has 1 spiro atoms. The van der Waals surface area contributed by atoms with E-state index in [2.05, 4.69) is 28.2 Å². The van der Waals surface area contributed by atoms with Crippen molar-refractivity contribution < 1.29 is 33.8 Å². The standard InChI is InChI=1S/C35H46BrN3O7/c1-3-14-23(2)38-18-12-7-10-17-27(41)45-22-26(24-15-8-6-9-16-24)37-32(42)28-29-33(43)39(19-11-4-5-13-20-40)31(34(38)44)35(29)21-25(36)30(28)46-35/h6-9,12,15-16,21,23,26,28-31,40H,3-5,10-11,13-14,17-20,22H2,1-2H3,(H,37,42)/b12-7-/t23?,26-,28-,29+,30-,31-,35+/m0/s1. The molecule has 10 nitrogen and oxygen atoms in total. The van der Waals surface area contributed by atoms with E-state index in [0.717, 1.165) is 31.2 Å². The number of cyclic esters (lactones) is 1. The molecular weight excluding hydrogens is 654 g/mol. The van der Waals surface area contributed by atoms with E-state index >= 15 is 0 Å². The van der Waals surface area contributed by atoms with Crippen LogP contribution in [-0.2, 0) is 28.7 Å². The van der Waals surface area contributed by atoms with Crippen LogP contribution in [0.1, 0.15) is 76.8 Å². The first-order valence-corrected chi connectivity index (χ1v) is 17.5. The van der Waals surface area contributed by atoms with E-state index in [0.29, 0.717) is 36.8 Å². The molecule has 2 fully saturated rings. The first-order chi connectivity index (χ1) is 22.2. The molecule has 0 saturated carbocycles. The fraction of sp³-hybridized carbons (Fsp3) is 0.600. The van der Waals surface area contributed by atoms with Gasteiger partial charge in [0.05, 0.1) is 17.9 Å². The number of ether oxygens (including phenoxy) is 2. The Balaban J connectivity index is 1.55. The minimum atomic E-state index is -1.30. The van der Waals surface area contributed by atoms with Gasteiger partial charge in [-0.1, -0.05) is 84.6 Å². The van der Waals surface area contributed by atoms with Gasteiger partial charge in [-0.25, -0.2) is 0 Å². The molecule has 1 aromatic carbocycles. The van der Waals surface area contributed by atoms with E-state index in [4.69, 9.17) is 9.47 Å². The molecule has 0 aromatic heterocycles. The fourth-order valence-electron chi connectivity index (χ4n) is 7.43. The number of nitrogens with zero attached hydrogens (tertiary/aromatic N) is 2. The average molecular weight is 701 g/mol. The summed E-state index contributed by atoms with van der Waals surface area (Å²) in [6.07, 6.45) is 10.1. The molecular formula is C35H46BrN3O7. The number of fused-ring (bicyclic) bond motifs is 2. The minimum Gasteiger partial charge on any atom is -0.463 e. The van der Waals surface area contributed by atoms with Gasteiger partial charge in [0.15, 0.2) is 0 Å². The smallest absolute Gasteiger partial charge is 0.306 e. The van der Waals surface area contributed by atoms with Gasteiger partial charge in [0, 0.05) is 36.6 Å². The second kappa shape index (κ2) is 15.3. The molecule has 250 valence electrons. The number of carbonyl (C=O) groups excluding carboxylic acids is 4. The van der Waals surface area contributed by atoms with Crippen molar-refractivity contribution in [3.63, 3.8) is 0 Å². The van der Waals surface area contributed by atoms with Crippen LogP contribution in [0.15, 0.2) is 53.0 Å². The topological polar surface area (TPSA) is 125 Å².